The number of allylic oxidation sites excluding steroid dienone is 2. The number of benzene rings is 1. The second-order valence-corrected chi connectivity index (χ2v) is 9.12. The molecular formula is C26H30FN5O2. The van der Waals surface area contributed by atoms with Gasteiger partial charge in [-0.25, -0.2) is 9.37 Å². The third-order valence-corrected chi connectivity index (χ3v) is 6.85. The Kier molecular flexibility index (Phi) is 6.32. The number of aromatic nitrogens is 2. The molecule has 0 radical (unpaired) electrons. The molecule has 7 nitrogen and oxygen atoms in total. The number of carbonyl (C=O) groups is 1. The number of rotatable bonds is 3. The molecule has 2 saturated heterocycles. The summed E-state index contributed by atoms with van der Waals surface area (Å²) in [5, 5.41) is 0. The number of nitrogens with zero attached hydrogens (tertiary/aromatic N) is 4. The van der Waals surface area contributed by atoms with Crippen LogP contribution in [0.2, 0.25) is 0 Å². The summed E-state index contributed by atoms with van der Waals surface area (Å²) < 4.78 is 21.2. The SMILES string of the molecule is CC(=O)N1CCC(=NC2CCOCC2)C(=C(N)C2CC=Cn3cc(-c4cccc(F)c4)nc32)C1. The Morgan fingerprint density at radius 3 is 2.88 bits per heavy atom. The van der Waals surface area contributed by atoms with Crippen LogP contribution in [0.5, 0.6) is 0 Å². The second-order valence-electron chi connectivity index (χ2n) is 9.12. The van der Waals surface area contributed by atoms with Gasteiger partial charge in [0.05, 0.1) is 17.7 Å². The lowest BCUT2D eigenvalue weighted by Gasteiger charge is -2.33. The van der Waals surface area contributed by atoms with Crippen LogP contribution < -0.4 is 5.73 Å². The number of halogens is 1. The minimum Gasteiger partial charge on any atom is -0.401 e. The Hall–Kier alpha value is -3.26. The molecule has 4 heterocycles. The summed E-state index contributed by atoms with van der Waals surface area (Å²) in [6, 6.07) is 6.67. The van der Waals surface area contributed by atoms with Gasteiger partial charge in [0, 0.05) is 74.6 Å². The van der Waals surface area contributed by atoms with E-state index in [2.05, 4.69) is 6.08 Å². The summed E-state index contributed by atoms with van der Waals surface area (Å²) >= 11 is 0. The van der Waals surface area contributed by atoms with E-state index in [-0.39, 0.29) is 23.7 Å². The molecule has 0 spiro atoms. The summed E-state index contributed by atoms with van der Waals surface area (Å²) in [7, 11) is 0. The van der Waals surface area contributed by atoms with Crippen molar-refractivity contribution in [1.82, 2.24) is 14.5 Å². The van der Waals surface area contributed by atoms with Gasteiger partial charge in [0.25, 0.3) is 0 Å². The Morgan fingerprint density at radius 1 is 1.29 bits per heavy atom. The number of nitrogens with two attached hydrogens (primary N) is 1. The van der Waals surface area contributed by atoms with E-state index in [0.717, 1.165) is 48.7 Å². The number of carbonyl (C=O) groups excluding carboxylic acids is 1. The van der Waals surface area contributed by atoms with Gasteiger partial charge in [-0.15, -0.1) is 0 Å². The van der Waals surface area contributed by atoms with Crippen LogP contribution in [0, 0.1) is 5.82 Å². The second kappa shape index (κ2) is 9.54. The van der Waals surface area contributed by atoms with Gasteiger partial charge in [-0.05, 0) is 31.4 Å². The van der Waals surface area contributed by atoms with E-state index in [1.54, 1.807) is 13.0 Å². The maximum atomic E-state index is 13.8. The van der Waals surface area contributed by atoms with Crippen LogP contribution in [-0.4, -0.2) is 58.4 Å². The highest BCUT2D eigenvalue weighted by molar-refractivity contribution is 6.03. The number of piperidine rings is 1. The van der Waals surface area contributed by atoms with Gasteiger partial charge < -0.3 is 19.9 Å². The van der Waals surface area contributed by atoms with Crippen molar-refractivity contribution in [1.29, 1.82) is 0 Å². The molecule has 0 aliphatic carbocycles. The molecule has 8 heteroatoms. The zero-order valence-electron chi connectivity index (χ0n) is 19.4. The van der Waals surface area contributed by atoms with Crippen LogP contribution in [0.15, 0.2) is 52.8 Å². The first kappa shape index (κ1) is 22.5. The minimum absolute atomic E-state index is 0.0360. The van der Waals surface area contributed by atoms with Crippen molar-refractivity contribution in [3.63, 3.8) is 0 Å². The predicted octanol–water partition coefficient (Wildman–Crippen LogP) is 3.73. The summed E-state index contributed by atoms with van der Waals surface area (Å²) in [6.07, 6.45) is 9.16. The highest BCUT2D eigenvalue weighted by Crippen LogP contribution is 2.34. The van der Waals surface area contributed by atoms with Crippen molar-refractivity contribution >= 4 is 17.8 Å². The number of hydrogen-bond donors (Lipinski definition) is 1. The molecule has 0 bridgehead atoms. The van der Waals surface area contributed by atoms with Crippen LogP contribution in [0.3, 0.4) is 0 Å². The van der Waals surface area contributed by atoms with Crippen molar-refractivity contribution in [2.24, 2.45) is 10.7 Å². The highest BCUT2D eigenvalue weighted by atomic mass is 19.1. The standard InChI is InChI=1S/C26H30FN5O2/c1-17(33)31-11-7-23(29-20-8-12-34-13-9-20)22(15-31)25(28)21-6-3-10-32-16-24(30-26(21)32)18-4-2-5-19(27)14-18/h2-5,10,14,16,20-21H,6-9,11-13,15,28H2,1H3. The molecule has 1 aromatic heterocycles. The predicted molar refractivity (Wildman–Crippen MR) is 130 cm³/mol. The van der Waals surface area contributed by atoms with E-state index < -0.39 is 0 Å². The number of ether oxygens (including phenoxy) is 1. The fraction of sp³-hybridized carbons (Fsp3) is 0.423. The normalized spacial score (nSPS) is 23.8. The zero-order chi connectivity index (χ0) is 23.7. The number of fused-ring (bicyclic) bond motifs is 1. The molecule has 3 aliphatic heterocycles. The Bertz CT molecular complexity index is 1180. The molecule has 2 N–H and O–H groups in total. The first-order chi connectivity index (χ1) is 16.5. The number of imidazole rings is 1. The van der Waals surface area contributed by atoms with E-state index in [1.165, 1.54) is 12.1 Å². The summed E-state index contributed by atoms with van der Waals surface area (Å²) in [5.41, 5.74) is 10.9. The van der Waals surface area contributed by atoms with E-state index >= 15 is 0 Å². The average Bonchev–Trinajstić information content (AvgIpc) is 3.29. The summed E-state index contributed by atoms with van der Waals surface area (Å²) in [4.78, 5) is 23.9. The summed E-state index contributed by atoms with van der Waals surface area (Å²) in [6.45, 7) is 4.15. The van der Waals surface area contributed by atoms with Gasteiger partial charge >= 0.3 is 0 Å². The molecular weight excluding hydrogens is 433 g/mol. The molecule has 1 amide bonds. The number of aliphatic imine (C=N–C) groups is 1. The average molecular weight is 464 g/mol. The monoisotopic (exact) mass is 463 g/mol. The van der Waals surface area contributed by atoms with Gasteiger partial charge in [-0.2, -0.15) is 0 Å². The molecule has 2 fully saturated rings. The van der Waals surface area contributed by atoms with E-state index in [4.69, 9.17) is 20.4 Å². The Labute approximate surface area is 198 Å². The quantitative estimate of drug-likeness (QED) is 0.752. The van der Waals surface area contributed by atoms with Crippen LogP contribution in [0.4, 0.5) is 4.39 Å². The molecule has 178 valence electrons. The maximum absolute atomic E-state index is 13.8. The molecule has 34 heavy (non-hydrogen) atoms. The number of likely N-dealkylation sites (tertiary alicyclic amines) is 1. The lowest BCUT2D eigenvalue weighted by Crippen LogP contribution is -2.41. The van der Waals surface area contributed by atoms with Crippen molar-refractivity contribution in [2.75, 3.05) is 26.3 Å². The van der Waals surface area contributed by atoms with Crippen molar-refractivity contribution in [3.8, 4) is 11.3 Å². The molecule has 0 saturated carbocycles. The summed E-state index contributed by atoms with van der Waals surface area (Å²) in [5.74, 6) is 0.415. The first-order valence-electron chi connectivity index (χ1n) is 11.9. The Morgan fingerprint density at radius 2 is 2.12 bits per heavy atom. The van der Waals surface area contributed by atoms with Gasteiger partial charge in [-0.3, -0.25) is 9.79 Å². The first-order valence-corrected chi connectivity index (χ1v) is 11.9. The van der Waals surface area contributed by atoms with Gasteiger partial charge in [-0.1, -0.05) is 18.2 Å². The minimum atomic E-state index is -0.294. The fourth-order valence-electron chi connectivity index (χ4n) is 4.92. The number of hydrogen-bond acceptors (Lipinski definition) is 5. The van der Waals surface area contributed by atoms with E-state index in [9.17, 15) is 9.18 Å². The molecule has 5 rings (SSSR count). The third kappa shape index (κ3) is 4.55. The Balaban J connectivity index is 1.52. The smallest absolute Gasteiger partial charge is 0.219 e. The van der Waals surface area contributed by atoms with Crippen molar-refractivity contribution < 1.29 is 13.9 Å². The van der Waals surface area contributed by atoms with Crippen molar-refractivity contribution in [2.45, 2.75) is 44.6 Å². The van der Waals surface area contributed by atoms with Crippen LogP contribution in [-0.2, 0) is 9.53 Å². The maximum Gasteiger partial charge on any atom is 0.219 e. The van der Waals surface area contributed by atoms with E-state index in [0.29, 0.717) is 37.3 Å². The van der Waals surface area contributed by atoms with Crippen LogP contribution in [0.1, 0.15) is 44.3 Å². The zero-order valence-corrected chi connectivity index (χ0v) is 19.4. The molecule has 1 aromatic carbocycles. The molecule has 2 aromatic rings. The number of amides is 1. The topological polar surface area (TPSA) is 85.7 Å². The van der Waals surface area contributed by atoms with Gasteiger partial charge in [0.2, 0.25) is 5.91 Å². The van der Waals surface area contributed by atoms with Gasteiger partial charge in [0.1, 0.15) is 11.6 Å². The van der Waals surface area contributed by atoms with E-state index in [1.807, 2.05) is 27.9 Å². The third-order valence-electron chi connectivity index (χ3n) is 6.85. The molecule has 1 unspecified atom stereocenters. The lowest BCUT2D eigenvalue weighted by atomic mass is 9.90. The van der Waals surface area contributed by atoms with Gasteiger partial charge in [0.15, 0.2) is 0 Å². The largest absolute Gasteiger partial charge is 0.401 e. The molecule has 3 aliphatic rings. The van der Waals surface area contributed by atoms with Crippen molar-refractivity contribution in [3.05, 3.63) is 59.5 Å². The van der Waals surface area contributed by atoms with Crippen LogP contribution in [0.25, 0.3) is 17.5 Å². The fourth-order valence-corrected chi connectivity index (χ4v) is 4.92. The lowest BCUT2D eigenvalue weighted by molar-refractivity contribution is -0.128. The highest BCUT2D eigenvalue weighted by Gasteiger charge is 2.31. The van der Waals surface area contributed by atoms with Crippen LogP contribution >= 0.6 is 0 Å². The molecule has 1 atom stereocenters.